The van der Waals surface area contributed by atoms with Gasteiger partial charge in [-0.05, 0) is 24.6 Å². The van der Waals surface area contributed by atoms with Gasteiger partial charge in [0.05, 0.1) is 0 Å². The van der Waals surface area contributed by atoms with Crippen molar-refractivity contribution < 1.29 is 27.4 Å². The number of aromatic nitrogens is 4. The van der Waals surface area contributed by atoms with Gasteiger partial charge in [-0.2, -0.15) is 4.98 Å². The number of ether oxygens (including phenoxy) is 3. The highest BCUT2D eigenvalue weighted by molar-refractivity contribution is 6.76. The average molecular weight is 515 g/mol. The highest BCUT2D eigenvalue weighted by atomic mass is 28.3. The van der Waals surface area contributed by atoms with Gasteiger partial charge in [0.2, 0.25) is 0 Å². The first-order chi connectivity index (χ1) is 16.3. The van der Waals surface area contributed by atoms with Crippen molar-refractivity contribution in [3.05, 3.63) is 45.1 Å². The summed E-state index contributed by atoms with van der Waals surface area (Å²) in [5.41, 5.74) is -0.888. The molecule has 0 saturated heterocycles. The number of nitrogens with zero attached hydrogens (tertiary/aromatic N) is 4. The van der Waals surface area contributed by atoms with Crippen LogP contribution < -0.4 is 20.7 Å². The maximum absolute atomic E-state index is 13.2. The summed E-state index contributed by atoms with van der Waals surface area (Å²) >= 11 is 0. The molecule has 0 spiro atoms. The van der Waals surface area contributed by atoms with Crippen LogP contribution in [0.3, 0.4) is 0 Å². The molecule has 0 aliphatic carbocycles. The van der Waals surface area contributed by atoms with Crippen molar-refractivity contribution in [3.8, 4) is 17.5 Å². The van der Waals surface area contributed by atoms with Gasteiger partial charge in [-0.25, -0.2) is 4.79 Å². The van der Waals surface area contributed by atoms with Crippen LogP contribution in [0.4, 0.5) is 13.2 Å². The van der Waals surface area contributed by atoms with Crippen LogP contribution in [0.15, 0.2) is 33.9 Å². The molecule has 0 fully saturated rings. The summed E-state index contributed by atoms with van der Waals surface area (Å²) < 4.78 is 57.2. The zero-order valence-corrected chi connectivity index (χ0v) is 21.3. The molecule has 0 saturated carbocycles. The number of hydrogen-bond acceptors (Lipinski definition) is 6. The summed E-state index contributed by atoms with van der Waals surface area (Å²) in [6, 6.07) is 5.72. The number of benzene rings is 1. The Morgan fingerprint density at radius 1 is 1.09 bits per heavy atom. The Morgan fingerprint density at radius 2 is 1.77 bits per heavy atom. The molecule has 0 radical (unpaired) electrons. The smallest absolute Gasteiger partial charge is 0.425 e. The van der Waals surface area contributed by atoms with Crippen LogP contribution in [0, 0.1) is 0 Å². The van der Waals surface area contributed by atoms with Gasteiger partial charge in [-0.1, -0.05) is 32.6 Å². The molecule has 0 amide bonds. The molecule has 192 valence electrons. The van der Waals surface area contributed by atoms with E-state index in [4.69, 9.17) is 9.47 Å². The fourth-order valence-corrected chi connectivity index (χ4v) is 4.10. The lowest BCUT2D eigenvalue weighted by Crippen LogP contribution is -2.39. The molecule has 2 heterocycles. The van der Waals surface area contributed by atoms with E-state index in [9.17, 15) is 22.8 Å². The van der Waals surface area contributed by atoms with E-state index >= 15 is 0 Å². The Labute approximate surface area is 200 Å². The van der Waals surface area contributed by atoms with Crippen LogP contribution in [0.25, 0.3) is 11.2 Å². The highest BCUT2D eigenvalue weighted by Gasteiger charge is 2.31. The molecular formula is C22H29F3N4O5Si. The third-order valence-corrected chi connectivity index (χ3v) is 6.81. The molecule has 35 heavy (non-hydrogen) atoms. The van der Waals surface area contributed by atoms with Crippen LogP contribution in [0.5, 0.6) is 17.5 Å². The predicted molar refractivity (Wildman–Crippen MR) is 127 cm³/mol. The quantitative estimate of drug-likeness (QED) is 0.296. The molecule has 2 aromatic heterocycles. The van der Waals surface area contributed by atoms with Crippen LogP contribution in [-0.2, 0) is 25.1 Å². The molecule has 0 bridgehead atoms. The van der Waals surface area contributed by atoms with Gasteiger partial charge in [-0.15, -0.1) is 13.2 Å². The zero-order valence-electron chi connectivity index (χ0n) is 20.3. The predicted octanol–water partition coefficient (Wildman–Crippen LogP) is 4.31. The summed E-state index contributed by atoms with van der Waals surface area (Å²) in [7, 11) is 0.109. The van der Waals surface area contributed by atoms with Crippen molar-refractivity contribution in [1.29, 1.82) is 0 Å². The van der Waals surface area contributed by atoms with Crippen LogP contribution in [-0.4, -0.2) is 39.7 Å². The third kappa shape index (κ3) is 6.54. The number of halogens is 3. The standard InChI is InChI=1S/C22H29F3N4O5Si/c1-6-10-28-19(30)17-18(27(2)21(28)31)26-20(29(17)14-32-11-12-35(3,4)5)33-15-8-7-9-16(13-15)34-22(23,24)25/h7-9,13H,6,10-12,14H2,1-5H3. The first kappa shape index (κ1) is 26.5. The third-order valence-electron chi connectivity index (χ3n) is 5.11. The molecule has 3 aromatic rings. The van der Waals surface area contributed by atoms with Crippen molar-refractivity contribution in [2.75, 3.05) is 6.61 Å². The minimum absolute atomic E-state index is 0.00397. The maximum Gasteiger partial charge on any atom is 0.573 e. The molecule has 0 aliphatic heterocycles. The van der Waals surface area contributed by atoms with Crippen molar-refractivity contribution in [2.45, 2.75) is 58.7 Å². The molecule has 3 rings (SSSR count). The molecule has 0 unspecified atom stereocenters. The van der Waals surface area contributed by atoms with Gasteiger partial charge >= 0.3 is 18.1 Å². The second-order valence-electron chi connectivity index (χ2n) is 9.27. The van der Waals surface area contributed by atoms with Gasteiger partial charge in [-0.3, -0.25) is 18.5 Å². The van der Waals surface area contributed by atoms with E-state index in [1.807, 2.05) is 6.92 Å². The Hall–Kier alpha value is -3.06. The van der Waals surface area contributed by atoms with Crippen LogP contribution in [0.2, 0.25) is 25.7 Å². The van der Waals surface area contributed by atoms with E-state index in [1.165, 1.54) is 28.3 Å². The van der Waals surface area contributed by atoms with Crippen LogP contribution in [0.1, 0.15) is 13.3 Å². The van der Waals surface area contributed by atoms with E-state index in [0.717, 1.165) is 22.7 Å². The first-order valence-electron chi connectivity index (χ1n) is 11.1. The van der Waals surface area contributed by atoms with Crippen molar-refractivity contribution in [3.63, 3.8) is 0 Å². The van der Waals surface area contributed by atoms with Crippen molar-refractivity contribution >= 4 is 19.2 Å². The lowest BCUT2D eigenvalue weighted by atomic mass is 10.3. The molecule has 9 nitrogen and oxygen atoms in total. The molecule has 1 aromatic carbocycles. The van der Waals surface area contributed by atoms with E-state index in [0.29, 0.717) is 13.0 Å². The minimum Gasteiger partial charge on any atom is -0.425 e. The molecule has 0 N–H and O–H groups in total. The Kier molecular flexibility index (Phi) is 7.79. The lowest BCUT2D eigenvalue weighted by molar-refractivity contribution is -0.274. The van der Waals surface area contributed by atoms with Gasteiger partial charge in [0.1, 0.15) is 18.2 Å². The number of fused-ring (bicyclic) bond motifs is 1. The van der Waals surface area contributed by atoms with Gasteiger partial charge in [0.25, 0.3) is 5.56 Å². The Morgan fingerprint density at radius 3 is 2.40 bits per heavy atom. The fourth-order valence-electron chi connectivity index (χ4n) is 3.34. The molecule has 13 heteroatoms. The number of imidazole rings is 1. The van der Waals surface area contributed by atoms with Gasteiger partial charge in [0.15, 0.2) is 11.2 Å². The van der Waals surface area contributed by atoms with Crippen molar-refractivity contribution in [2.24, 2.45) is 7.05 Å². The maximum atomic E-state index is 13.2. The number of rotatable bonds is 10. The van der Waals surface area contributed by atoms with Crippen LogP contribution >= 0.6 is 0 Å². The number of aryl methyl sites for hydroxylation is 1. The second kappa shape index (κ2) is 10.3. The van der Waals surface area contributed by atoms with Gasteiger partial charge in [0, 0.05) is 34.3 Å². The summed E-state index contributed by atoms with van der Waals surface area (Å²) in [4.78, 5) is 30.2. The largest absolute Gasteiger partial charge is 0.573 e. The van der Waals surface area contributed by atoms with Crippen molar-refractivity contribution in [1.82, 2.24) is 18.7 Å². The molecule has 0 atom stereocenters. The van der Waals surface area contributed by atoms with E-state index < -0.39 is 31.4 Å². The summed E-state index contributed by atoms with van der Waals surface area (Å²) in [5.74, 6) is -0.467. The second-order valence-corrected chi connectivity index (χ2v) is 14.9. The normalized spacial score (nSPS) is 12.3. The Balaban J connectivity index is 2.07. The fraction of sp³-hybridized carbons (Fsp3) is 0.500. The zero-order chi connectivity index (χ0) is 26.0. The minimum atomic E-state index is -4.86. The van der Waals surface area contributed by atoms with Gasteiger partial charge < -0.3 is 14.2 Å². The average Bonchev–Trinajstić information content (AvgIpc) is 3.09. The molecular weight excluding hydrogens is 485 g/mol. The Bertz CT molecular complexity index is 1310. The number of alkyl halides is 3. The molecule has 0 aliphatic rings. The first-order valence-corrected chi connectivity index (χ1v) is 14.8. The van der Waals surface area contributed by atoms with E-state index in [2.05, 4.69) is 29.4 Å². The monoisotopic (exact) mass is 514 g/mol. The topological polar surface area (TPSA) is 89.5 Å². The summed E-state index contributed by atoms with van der Waals surface area (Å²) in [6.07, 6.45) is -4.30. The summed E-state index contributed by atoms with van der Waals surface area (Å²) in [5, 5.41) is 0. The number of hydrogen-bond donors (Lipinski definition) is 0. The van der Waals surface area contributed by atoms with E-state index in [-0.39, 0.29) is 36.2 Å². The highest BCUT2D eigenvalue weighted by Crippen LogP contribution is 2.29. The van der Waals surface area contributed by atoms with E-state index in [1.54, 1.807) is 0 Å². The SMILES string of the molecule is CCCn1c(=O)c2c(nc(Oc3cccc(OC(F)(F)F)c3)n2COCC[Si](C)(C)C)n(C)c1=O. The summed E-state index contributed by atoms with van der Waals surface area (Å²) in [6.45, 7) is 9.02. The lowest BCUT2D eigenvalue weighted by Gasteiger charge is -2.16.